The van der Waals surface area contributed by atoms with Crippen LogP contribution in [0.3, 0.4) is 0 Å². The lowest BCUT2D eigenvalue weighted by Gasteiger charge is -2.03. The Morgan fingerprint density at radius 1 is 1.17 bits per heavy atom. The van der Waals surface area contributed by atoms with Gasteiger partial charge in [-0.3, -0.25) is 4.79 Å². The predicted molar refractivity (Wildman–Crippen MR) is 98.6 cm³/mol. The number of ether oxygens (including phenoxy) is 2. The first-order valence-electron chi connectivity index (χ1n) is 8.61. The minimum absolute atomic E-state index is 0.0447. The van der Waals surface area contributed by atoms with Crippen molar-refractivity contribution in [2.24, 2.45) is 5.10 Å². The van der Waals surface area contributed by atoms with Crippen LogP contribution in [0.4, 0.5) is 0 Å². The minimum Gasteiger partial charge on any atom is -0.454 e. The largest absolute Gasteiger partial charge is 0.454 e. The van der Waals surface area contributed by atoms with E-state index in [0.29, 0.717) is 17.9 Å². The molecule has 6 heteroatoms. The number of benzene rings is 1. The first kappa shape index (κ1) is 18.8. The summed E-state index contributed by atoms with van der Waals surface area (Å²) in [6, 6.07) is 3.67. The Morgan fingerprint density at radius 2 is 1.83 bits per heavy atom. The van der Waals surface area contributed by atoms with Crippen LogP contribution in [0.15, 0.2) is 21.7 Å². The van der Waals surface area contributed by atoms with Gasteiger partial charge in [0.1, 0.15) is 0 Å². The van der Waals surface area contributed by atoms with E-state index in [1.165, 1.54) is 32.1 Å². The van der Waals surface area contributed by atoms with Crippen LogP contribution >= 0.6 is 15.9 Å². The summed E-state index contributed by atoms with van der Waals surface area (Å²) in [5, 5.41) is 4.02. The van der Waals surface area contributed by atoms with Crippen LogP contribution < -0.4 is 14.9 Å². The predicted octanol–water partition coefficient (Wildman–Crippen LogP) is 4.77. The Balaban J connectivity index is 1.66. The summed E-state index contributed by atoms with van der Waals surface area (Å²) in [5.41, 5.74) is 3.40. The topological polar surface area (TPSA) is 59.9 Å². The molecule has 0 aromatic heterocycles. The second-order valence-electron chi connectivity index (χ2n) is 5.89. The molecule has 0 unspecified atom stereocenters. The molecule has 0 aliphatic carbocycles. The molecule has 1 amide bonds. The summed E-state index contributed by atoms with van der Waals surface area (Å²) in [7, 11) is 0. The Bertz CT molecular complexity index is 576. The molecule has 0 radical (unpaired) electrons. The molecule has 1 N–H and O–H groups in total. The quantitative estimate of drug-likeness (QED) is 0.352. The van der Waals surface area contributed by atoms with Gasteiger partial charge in [-0.1, -0.05) is 45.4 Å². The van der Waals surface area contributed by atoms with Crippen molar-refractivity contribution in [3.8, 4) is 11.5 Å². The van der Waals surface area contributed by atoms with Crippen molar-refractivity contribution in [2.45, 2.75) is 58.3 Å². The van der Waals surface area contributed by atoms with E-state index in [4.69, 9.17) is 9.47 Å². The fourth-order valence-electron chi connectivity index (χ4n) is 2.50. The monoisotopic (exact) mass is 396 g/mol. The normalized spacial score (nSPS) is 12.8. The van der Waals surface area contributed by atoms with Crippen molar-refractivity contribution in [1.29, 1.82) is 0 Å². The number of nitrogens with one attached hydrogen (secondary N) is 1. The molecule has 1 aromatic carbocycles. The van der Waals surface area contributed by atoms with E-state index in [1.54, 1.807) is 6.21 Å². The van der Waals surface area contributed by atoms with Crippen LogP contribution in [0, 0.1) is 0 Å². The van der Waals surface area contributed by atoms with Gasteiger partial charge in [0.15, 0.2) is 11.5 Å². The molecule has 0 fully saturated rings. The molecule has 0 spiro atoms. The maximum Gasteiger partial charge on any atom is 0.240 e. The lowest BCUT2D eigenvalue weighted by atomic mass is 10.1. The number of nitrogens with zero attached hydrogens (tertiary/aromatic N) is 1. The van der Waals surface area contributed by atoms with Crippen LogP contribution in [0.2, 0.25) is 0 Å². The fourth-order valence-corrected chi connectivity index (χ4v) is 2.93. The second-order valence-corrected chi connectivity index (χ2v) is 6.75. The van der Waals surface area contributed by atoms with Crippen molar-refractivity contribution >= 4 is 28.1 Å². The number of amides is 1. The highest BCUT2D eigenvalue weighted by atomic mass is 79.9. The standard InChI is InChI=1S/C18H25BrN2O3/c1-2-3-4-5-6-7-8-9-18(22)21-20-12-14-10-16-17(11-15(14)19)24-13-23-16/h10-12H,2-9,13H2,1H3,(H,21,22)/b20-12+. The van der Waals surface area contributed by atoms with Crippen LogP contribution in [0.1, 0.15) is 63.9 Å². The van der Waals surface area contributed by atoms with Gasteiger partial charge in [0, 0.05) is 16.5 Å². The highest BCUT2D eigenvalue weighted by Gasteiger charge is 2.15. The number of halogens is 1. The van der Waals surface area contributed by atoms with E-state index in [9.17, 15) is 4.79 Å². The molecule has 0 atom stereocenters. The van der Waals surface area contributed by atoms with Crippen molar-refractivity contribution in [1.82, 2.24) is 5.43 Å². The van der Waals surface area contributed by atoms with Crippen molar-refractivity contribution in [2.75, 3.05) is 6.79 Å². The van der Waals surface area contributed by atoms with Crippen LogP contribution in [0.5, 0.6) is 11.5 Å². The number of unbranched alkanes of at least 4 members (excludes halogenated alkanes) is 6. The Hall–Kier alpha value is -1.56. The third-order valence-electron chi connectivity index (χ3n) is 3.89. The minimum atomic E-state index is -0.0447. The maximum atomic E-state index is 11.8. The number of rotatable bonds is 10. The van der Waals surface area contributed by atoms with Crippen molar-refractivity contribution < 1.29 is 14.3 Å². The molecule has 1 aliphatic heterocycles. The van der Waals surface area contributed by atoms with Gasteiger partial charge in [-0.25, -0.2) is 5.43 Å². The number of hydrazone groups is 1. The SMILES string of the molecule is CCCCCCCCCC(=O)N/N=C/c1cc2c(cc1Br)OCO2. The summed E-state index contributed by atoms with van der Waals surface area (Å²) in [6.07, 6.45) is 10.5. The number of fused-ring (bicyclic) bond motifs is 1. The van der Waals surface area contributed by atoms with Crippen LogP contribution in [-0.2, 0) is 4.79 Å². The molecule has 24 heavy (non-hydrogen) atoms. The summed E-state index contributed by atoms with van der Waals surface area (Å²) >= 11 is 3.45. The molecule has 1 aromatic rings. The smallest absolute Gasteiger partial charge is 0.240 e. The number of hydrogen-bond donors (Lipinski definition) is 1. The number of carbonyl (C=O) groups excluding carboxylic acids is 1. The molecule has 0 bridgehead atoms. The lowest BCUT2D eigenvalue weighted by Crippen LogP contribution is -2.16. The van der Waals surface area contributed by atoms with E-state index in [0.717, 1.165) is 22.9 Å². The zero-order chi connectivity index (χ0) is 17.2. The molecule has 1 aliphatic rings. The van der Waals surface area contributed by atoms with Gasteiger partial charge in [-0.05, 0) is 34.5 Å². The Labute approximate surface area is 151 Å². The summed E-state index contributed by atoms with van der Waals surface area (Å²) < 4.78 is 11.5. The summed E-state index contributed by atoms with van der Waals surface area (Å²) in [6.45, 7) is 2.45. The first-order valence-corrected chi connectivity index (χ1v) is 9.41. The van der Waals surface area contributed by atoms with Gasteiger partial charge in [0.25, 0.3) is 0 Å². The van der Waals surface area contributed by atoms with E-state index >= 15 is 0 Å². The molecule has 132 valence electrons. The van der Waals surface area contributed by atoms with Gasteiger partial charge in [0.05, 0.1) is 6.21 Å². The van der Waals surface area contributed by atoms with Gasteiger partial charge < -0.3 is 9.47 Å². The van der Waals surface area contributed by atoms with E-state index < -0.39 is 0 Å². The molecule has 0 saturated carbocycles. The average molecular weight is 397 g/mol. The third-order valence-corrected chi connectivity index (χ3v) is 4.58. The highest BCUT2D eigenvalue weighted by molar-refractivity contribution is 9.10. The average Bonchev–Trinajstić information content (AvgIpc) is 3.01. The van der Waals surface area contributed by atoms with E-state index in [1.807, 2.05) is 12.1 Å². The van der Waals surface area contributed by atoms with Gasteiger partial charge in [0.2, 0.25) is 12.7 Å². The maximum absolute atomic E-state index is 11.8. The summed E-state index contributed by atoms with van der Waals surface area (Å²) in [4.78, 5) is 11.8. The fraction of sp³-hybridized carbons (Fsp3) is 0.556. The van der Waals surface area contributed by atoms with E-state index in [2.05, 4.69) is 33.4 Å². The molecular weight excluding hydrogens is 372 g/mol. The lowest BCUT2D eigenvalue weighted by molar-refractivity contribution is -0.121. The van der Waals surface area contributed by atoms with Gasteiger partial charge in [-0.2, -0.15) is 5.10 Å². The zero-order valence-corrected chi connectivity index (χ0v) is 15.7. The molecular formula is C18H25BrN2O3. The third kappa shape index (κ3) is 6.15. The van der Waals surface area contributed by atoms with Gasteiger partial charge >= 0.3 is 0 Å². The Morgan fingerprint density at radius 3 is 2.58 bits per heavy atom. The first-order chi connectivity index (χ1) is 11.7. The highest BCUT2D eigenvalue weighted by Crippen LogP contribution is 2.36. The number of hydrogen-bond acceptors (Lipinski definition) is 4. The van der Waals surface area contributed by atoms with Gasteiger partial charge in [-0.15, -0.1) is 0 Å². The molecule has 2 rings (SSSR count). The van der Waals surface area contributed by atoms with Crippen LogP contribution in [0.25, 0.3) is 0 Å². The van der Waals surface area contributed by atoms with E-state index in [-0.39, 0.29) is 12.7 Å². The summed E-state index contributed by atoms with van der Waals surface area (Å²) in [5.74, 6) is 1.35. The van der Waals surface area contributed by atoms with Crippen molar-refractivity contribution in [3.05, 3.63) is 22.2 Å². The Kier molecular flexibility index (Phi) is 8.08. The second kappa shape index (κ2) is 10.3. The number of carbonyl (C=O) groups is 1. The molecule has 1 heterocycles. The van der Waals surface area contributed by atoms with Crippen LogP contribution in [-0.4, -0.2) is 18.9 Å². The zero-order valence-electron chi connectivity index (χ0n) is 14.1. The van der Waals surface area contributed by atoms with Crippen molar-refractivity contribution in [3.63, 3.8) is 0 Å². The molecule has 5 nitrogen and oxygen atoms in total. The molecule has 0 saturated heterocycles.